The van der Waals surface area contributed by atoms with Crippen LogP contribution in [0.2, 0.25) is 5.02 Å². The van der Waals surface area contributed by atoms with Crippen molar-refractivity contribution >= 4 is 34.3 Å². The SMILES string of the molecule is O=C1NC(=O)[C@@](Cn2cc3ccc(Cl)cc3c2O)(c2ccc(F)cc2)N1. The van der Waals surface area contributed by atoms with Gasteiger partial charge < -0.3 is 15.0 Å². The smallest absolute Gasteiger partial charge is 0.322 e. The predicted octanol–water partition coefficient (Wildman–Crippen LogP) is 2.87. The number of carbonyl (C=O) groups is 2. The molecule has 1 aromatic heterocycles. The first-order valence-corrected chi connectivity index (χ1v) is 8.14. The summed E-state index contributed by atoms with van der Waals surface area (Å²) in [5.41, 5.74) is -1.07. The van der Waals surface area contributed by atoms with E-state index < -0.39 is 23.3 Å². The molecule has 132 valence electrons. The molecule has 2 aromatic carbocycles. The second-order valence-electron chi connectivity index (χ2n) is 6.13. The summed E-state index contributed by atoms with van der Waals surface area (Å²) in [5.74, 6) is -1.12. The highest BCUT2D eigenvalue weighted by Gasteiger charge is 2.48. The number of halogens is 2. The Morgan fingerprint density at radius 1 is 1.15 bits per heavy atom. The number of rotatable bonds is 3. The van der Waals surface area contributed by atoms with Crippen LogP contribution in [0, 0.1) is 5.82 Å². The van der Waals surface area contributed by atoms with E-state index in [9.17, 15) is 19.1 Å². The summed E-state index contributed by atoms with van der Waals surface area (Å²) in [4.78, 5) is 24.4. The highest BCUT2D eigenvalue weighted by molar-refractivity contribution is 6.31. The Morgan fingerprint density at radius 3 is 2.54 bits per heavy atom. The molecule has 3 N–H and O–H groups in total. The quantitative estimate of drug-likeness (QED) is 0.617. The molecule has 0 unspecified atom stereocenters. The molecule has 1 aliphatic heterocycles. The number of amides is 3. The van der Waals surface area contributed by atoms with Gasteiger partial charge in [-0.3, -0.25) is 10.1 Å². The van der Waals surface area contributed by atoms with Crippen molar-refractivity contribution in [2.45, 2.75) is 12.1 Å². The first kappa shape index (κ1) is 16.4. The van der Waals surface area contributed by atoms with Crippen LogP contribution in [0.3, 0.4) is 0 Å². The van der Waals surface area contributed by atoms with Crippen LogP contribution < -0.4 is 10.6 Å². The number of benzene rings is 2. The second kappa shape index (κ2) is 5.74. The molecular formula is C18H13ClFN3O3. The molecule has 0 radical (unpaired) electrons. The molecule has 8 heteroatoms. The molecule has 3 aromatic rings. The number of aromatic hydroxyl groups is 1. The van der Waals surface area contributed by atoms with Crippen molar-refractivity contribution in [2.75, 3.05) is 0 Å². The van der Waals surface area contributed by atoms with Gasteiger partial charge in [0.1, 0.15) is 5.82 Å². The third kappa shape index (κ3) is 2.48. The van der Waals surface area contributed by atoms with Gasteiger partial charge in [0.2, 0.25) is 0 Å². The zero-order valence-electron chi connectivity index (χ0n) is 13.3. The molecule has 26 heavy (non-hydrogen) atoms. The van der Waals surface area contributed by atoms with Crippen molar-refractivity contribution in [3.8, 4) is 5.88 Å². The van der Waals surface area contributed by atoms with E-state index in [-0.39, 0.29) is 12.4 Å². The average Bonchev–Trinajstić information content (AvgIpc) is 3.06. The Kier molecular flexibility index (Phi) is 3.62. The average molecular weight is 374 g/mol. The minimum atomic E-state index is -1.47. The van der Waals surface area contributed by atoms with Gasteiger partial charge in [0, 0.05) is 22.0 Å². The van der Waals surface area contributed by atoms with E-state index in [1.165, 1.54) is 28.8 Å². The van der Waals surface area contributed by atoms with Gasteiger partial charge in [0.25, 0.3) is 5.91 Å². The van der Waals surface area contributed by atoms with Crippen LogP contribution in [0.5, 0.6) is 5.88 Å². The highest BCUT2D eigenvalue weighted by atomic mass is 35.5. The van der Waals surface area contributed by atoms with E-state index in [1.807, 2.05) is 0 Å². The van der Waals surface area contributed by atoms with Crippen LogP contribution in [0.1, 0.15) is 5.56 Å². The molecule has 0 bridgehead atoms. The van der Waals surface area contributed by atoms with E-state index in [1.54, 1.807) is 24.4 Å². The fourth-order valence-electron chi connectivity index (χ4n) is 3.23. The highest BCUT2D eigenvalue weighted by Crippen LogP contribution is 2.34. The molecule has 4 rings (SSSR count). The first-order chi connectivity index (χ1) is 12.4. The molecule has 1 aliphatic rings. The van der Waals surface area contributed by atoms with Gasteiger partial charge in [-0.25, -0.2) is 9.18 Å². The van der Waals surface area contributed by atoms with Crippen LogP contribution in [-0.4, -0.2) is 21.6 Å². The Balaban J connectivity index is 1.84. The lowest BCUT2D eigenvalue weighted by molar-refractivity contribution is -0.124. The number of fused-ring (bicyclic) bond motifs is 1. The van der Waals surface area contributed by atoms with Crippen LogP contribution in [0.25, 0.3) is 10.8 Å². The lowest BCUT2D eigenvalue weighted by Gasteiger charge is -2.27. The summed E-state index contributed by atoms with van der Waals surface area (Å²) >= 11 is 5.97. The van der Waals surface area contributed by atoms with E-state index >= 15 is 0 Å². The number of hydrogen-bond acceptors (Lipinski definition) is 3. The third-order valence-corrected chi connectivity index (χ3v) is 4.74. The van der Waals surface area contributed by atoms with Crippen molar-refractivity contribution in [3.05, 3.63) is 65.1 Å². The number of urea groups is 1. The molecule has 0 aliphatic carbocycles. The molecule has 0 spiro atoms. The number of aromatic nitrogens is 1. The van der Waals surface area contributed by atoms with E-state index in [0.717, 1.165) is 5.39 Å². The van der Waals surface area contributed by atoms with Gasteiger partial charge in [0.15, 0.2) is 11.4 Å². The summed E-state index contributed by atoms with van der Waals surface area (Å²) in [7, 11) is 0. The predicted molar refractivity (Wildman–Crippen MR) is 93.4 cm³/mol. The number of imide groups is 1. The number of nitrogens with zero attached hydrogens (tertiary/aromatic N) is 1. The summed E-state index contributed by atoms with van der Waals surface area (Å²) in [6.45, 7) is -0.0751. The van der Waals surface area contributed by atoms with Crippen LogP contribution in [0.4, 0.5) is 9.18 Å². The topological polar surface area (TPSA) is 83.4 Å². The third-order valence-electron chi connectivity index (χ3n) is 4.51. The summed E-state index contributed by atoms with van der Waals surface area (Å²) < 4.78 is 14.7. The Bertz CT molecular complexity index is 1050. The fraction of sp³-hybridized carbons (Fsp3) is 0.111. The second-order valence-corrected chi connectivity index (χ2v) is 6.57. The Labute approximate surface area is 152 Å². The minimum Gasteiger partial charge on any atom is -0.494 e. The molecule has 3 amide bonds. The van der Waals surface area contributed by atoms with Crippen molar-refractivity contribution in [1.82, 2.24) is 15.2 Å². The Hall–Kier alpha value is -3.06. The van der Waals surface area contributed by atoms with Gasteiger partial charge in [-0.05, 0) is 29.8 Å². The molecular weight excluding hydrogens is 361 g/mol. The van der Waals surface area contributed by atoms with Crippen molar-refractivity contribution in [2.24, 2.45) is 0 Å². The van der Waals surface area contributed by atoms with E-state index in [4.69, 9.17) is 11.6 Å². The standard InChI is InChI=1S/C18H13ClFN3O3/c19-12-4-1-10-8-23(15(24)14(10)7-12)9-18(16(25)21-17(26)22-18)11-2-5-13(20)6-3-11/h1-8,24H,9H2,(H2,21,22,25,26)/t18-/m1/s1. The number of carbonyl (C=O) groups excluding carboxylic acids is 2. The summed E-state index contributed by atoms with van der Waals surface area (Å²) in [5, 5.41) is 17.1. The maximum Gasteiger partial charge on any atom is 0.322 e. The van der Waals surface area contributed by atoms with E-state index in [0.29, 0.717) is 16.0 Å². The molecule has 6 nitrogen and oxygen atoms in total. The largest absolute Gasteiger partial charge is 0.494 e. The van der Waals surface area contributed by atoms with Crippen LogP contribution in [-0.2, 0) is 16.9 Å². The van der Waals surface area contributed by atoms with Crippen molar-refractivity contribution in [3.63, 3.8) is 0 Å². The van der Waals surface area contributed by atoms with Crippen molar-refractivity contribution in [1.29, 1.82) is 0 Å². The Morgan fingerprint density at radius 2 is 1.88 bits per heavy atom. The van der Waals surface area contributed by atoms with Gasteiger partial charge in [-0.1, -0.05) is 29.8 Å². The lowest BCUT2D eigenvalue weighted by Crippen LogP contribution is -2.47. The number of hydrogen-bond donors (Lipinski definition) is 3. The fourth-order valence-corrected chi connectivity index (χ4v) is 3.40. The van der Waals surface area contributed by atoms with Gasteiger partial charge >= 0.3 is 6.03 Å². The molecule has 1 fully saturated rings. The van der Waals surface area contributed by atoms with Crippen LogP contribution in [0.15, 0.2) is 48.7 Å². The van der Waals surface area contributed by atoms with Crippen molar-refractivity contribution < 1.29 is 19.1 Å². The maximum atomic E-state index is 13.3. The first-order valence-electron chi connectivity index (χ1n) is 7.76. The molecule has 1 atom stereocenters. The monoisotopic (exact) mass is 373 g/mol. The van der Waals surface area contributed by atoms with Gasteiger partial charge in [0.05, 0.1) is 6.54 Å². The maximum absolute atomic E-state index is 13.3. The molecule has 2 heterocycles. The molecule has 1 saturated heterocycles. The summed E-state index contributed by atoms with van der Waals surface area (Å²) in [6.07, 6.45) is 1.66. The molecule has 0 saturated carbocycles. The summed E-state index contributed by atoms with van der Waals surface area (Å²) in [6, 6.07) is 9.66. The lowest BCUT2D eigenvalue weighted by atomic mass is 9.89. The van der Waals surface area contributed by atoms with E-state index in [2.05, 4.69) is 10.6 Å². The normalized spacial score (nSPS) is 19.6. The van der Waals surface area contributed by atoms with Gasteiger partial charge in [-0.15, -0.1) is 0 Å². The van der Waals surface area contributed by atoms with Crippen LogP contribution >= 0.6 is 11.6 Å². The minimum absolute atomic E-state index is 0.0751. The zero-order chi connectivity index (χ0) is 18.5. The van der Waals surface area contributed by atoms with Gasteiger partial charge in [-0.2, -0.15) is 0 Å². The zero-order valence-corrected chi connectivity index (χ0v) is 14.0. The number of nitrogens with one attached hydrogen (secondary N) is 2.